The van der Waals surface area contributed by atoms with E-state index in [0.717, 1.165) is 28.9 Å². The first kappa shape index (κ1) is 26.3. The van der Waals surface area contributed by atoms with Crippen LogP contribution in [0, 0.1) is 0 Å². The minimum atomic E-state index is -0.764. The largest absolute Gasteiger partial charge is 0.456 e. The van der Waals surface area contributed by atoms with Crippen molar-refractivity contribution in [3.05, 3.63) is 60.5 Å². The zero-order valence-corrected chi connectivity index (χ0v) is 21.3. The predicted octanol–water partition coefficient (Wildman–Crippen LogP) is 5.59. The zero-order valence-electron chi connectivity index (χ0n) is 18.3. The molecule has 0 bridgehead atoms. The predicted molar refractivity (Wildman–Crippen MR) is 131 cm³/mol. The van der Waals surface area contributed by atoms with E-state index in [-0.39, 0.29) is 44.2 Å². The molecular weight excluding hydrogens is 526 g/mol. The molecule has 1 aliphatic rings. The molecule has 180 valence electrons. The number of benzene rings is 2. The van der Waals surface area contributed by atoms with Crippen LogP contribution < -0.4 is 5.32 Å². The maximum atomic E-state index is 12.7. The van der Waals surface area contributed by atoms with E-state index in [1.54, 1.807) is 0 Å². The van der Waals surface area contributed by atoms with Gasteiger partial charge in [0.25, 0.3) is 17.7 Å². The summed E-state index contributed by atoms with van der Waals surface area (Å²) in [5.74, 6) is -2.76. The average molecular weight is 546 g/mol. The Morgan fingerprint density at radius 2 is 1.38 bits per heavy atom. The molecule has 7 nitrogen and oxygen atoms in total. The highest BCUT2D eigenvalue weighted by atomic mass is 35.5. The Bertz CT molecular complexity index is 1130. The molecule has 1 N–H and O–H groups in total. The molecule has 3 rings (SSSR count). The smallest absolute Gasteiger partial charge is 0.308 e. The number of nitrogens with zero attached hydrogens (tertiary/aromatic N) is 1. The topological polar surface area (TPSA) is 92.8 Å². The summed E-state index contributed by atoms with van der Waals surface area (Å²) in [6, 6.07) is 5.76. The Kier molecular flexibility index (Phi) is 8.47. The molecule has 34 heavy (non-hydrogen) atoms. The Hall–Kier alpha value is -2.32. The number of ether oxygens (including phenoxy) is 1. The third-order valence-corrected chi connectivity index (χ3v) is 7.15. The monoisotopic (exact) mass is 544 g/mol. The lowest BCUT2D eigenvalue weighted by Gasteiger charge is -2.15. The third kappa shape index (κ3) is 5.03. The van der Waals surface area contributed by atoms with Gasteiger partial charge in [-0.15, -0.1) is 0 Å². The number of fused-ring (bicyclic) bond motifs is 1. The van der Waals surface area contributed by atoms with Crippen molar-refractivity contribution in [3.8, 4) is 0 Å². The van der Waals surface area contributed by atoms with Crippen LogP contribution in [-0.2, 0) is 27.2 Å². The quantitative estimate of drug-likeness (QED) is 0.202. The van der Waals surface area contributed by atoms with Gasteiger partial charge in [0.1, 0.15) is 0 Å². The lowest BCUT2D eigenvalue weighted by molar-refractivity contribution is -0.147. The summed E-state index contributed by atoms with van der Waals surface area (Å²) in [6.45, 7) is 3.15. The van der Waals surface area contributed by atoms with Crippen LogP contribution in [0.2, 0.25) is 20.1 Å². The molecule has 0 atom stereocenters. The summed E-state index contributed by atoms with van der Waals surface area (Å²) >= 11 is 24.1. The van der Waals surface area contributed by atoms with E-state index in [1.807, 2.05) is 32.0 Å². The van der Waals surface area contributed by atoms with E-state index in [0.29, 0.717) is 5.69 Å². The van der Waals surface area contributed by atoms with E-state index in [1.165, 1.54) is 0 Å². The lowest BCUT2D eigenvalue weighted by Crippen LogP contribution is -2.32. The van der Waals surface area contributed by atoms with E-state index in [4.69, 9.17) is 51.1 Å². The van der Waals surface area contributed by atoms with E-state index in [9.17, 15) is 19.2 Å². The molecule has 0 aliphatic carbocycles. The molecule has 2 aromatic carbocycles. The van der Waals surface area contributed by atoms with Gasteiger partial charge in [-0.3, -0.25) is 24.1 Å². The highest BCUT2D eigenvalue weighted by molar-refractivity contribution is 6.55. The third-order valence-electron chi connectivity index (χ3n) is 5.35. The van der Waals surface area contributed by atoms with Crippen LogP contribution in [-0.4, -0.2) is 41.7 Å². The number of hydrogen-bond donors (Lipinski definition) is 1. The highest BCUT2D eigenvalue weighted by Crippen LogP contribution is 2.44. The van der Waals surface area contributed by atoms with Crippen LogP contribution in [0.3, 0.4) is 0 Å². The minimum Gasteiger partial charge on any atom is -0.456 e. The molecule has 1 heterocycles. The van der Waals surface area contributed by atoms with Crippen molar-refractivity contribution >= 4 is 75.8 Å². The van der Waals surface area contributed by atoms with Crippen LogP contribution >= 0.6 is 46.4 Å². The van der Waals surface area contributed by atoms with Gasteiger partial charge < -0.3 is 10.1 Å². The molecule has 0 aromatic heterocycles. The fourth-order valence-electron chi connectivity index (χ4n) is 3.60. The van der Waals surface area contributed by atoms with Gasteiger partial charge in [0.15, 0.2) is 6.61 Å². The Labute approximate surface area is 216 Å². The average Bonchev–Trinajstić information content (AvgIpc) is 3.08. The highest BCUT2D eigenvalue weighted by Gasteiger charge is 2.41. The molecular formula is C23H20Cl4N2O5. The van der Waals surface area contributed by atoms with Crippen LogP contribution in [0.5, 0.6) is 0 Å². The number of amides is 3. The SMILES string of the molecule is CCc1cccc(CC)c1NC(=O)COC(=O)CCN1C(=O)c2c(Cl)c(Cl)c(Cl)c(Cl)c2C1=O. The van der Waals surface area contributed by atoms with Crippen LogP contribution in [0.4, 0.5) is 5.69 Å². The number of aryl methyl sites for hydroxylation is 2. The number of para-hydroxylation sites is 1. The minimum absolute atomic E-state index is 0.142. The summed E-state index contributed by atoms with van der Waals surface area (Å²) in [7, 11) is 0. The number of imide groups is 1. The van der Waals surface area contributed by atoms with Crippen molar-refractivity contribution in [1.82, 2.24) is 4.90 Å². The fraction of sp³-hybridized carbons (Fsp3) is 0.304. The maximum absolute atomic E-state index is 12.7. The molecule has 1 aliphatic heterocycles. The number of carbonyl (C=O) groups is 4. The number of esters is 1. The van der Waals surface area contributed by atoms with Gasteiger partial charge in [-0.2, -0.15) is 0 Å². The fourth-order valence-corrected chi connectivity index (χ4v) is 4.61. The Morgan fingerprint density at radius 3 is 1.85 bits per heavy atom. The van der Waals surface area contributed by atoms with Crippen LogP contribution in [0.1, 0.15) is 52.1 Å². The van der Waals surface area contributed by atoms with Gasteiger partial charge in [0.05, 0.1) is 37.6 Å². The summed E-state index contributed by atoms with van der Waals surface area (Å²) in [5.41, 5.74) is 2.33. The van der Waals surface area contributed by atoms with Crippen molar-refractivity contribution in [2.45, 2.75) is 33.1 Å². The first-order chi connectivity index (χ1) is 16.1. The number of halogens is 4. The van der Waals surface area contributed by atoms with E-state index < -0.39 is 30.3 Å². The molecule has 0 saturated heterocycles. The standard InChI is InChI=1S/C23H20Cl4N2O5/c1-3-11-6-5-7-12(4-2)21(11)28-13(30)10-34-14(31)8-9-29-22(32)15-16(23(29)33)18(25)20(27)19(26)17(15)24/h5-7H,3-4,8-10H2,1-2H3,(H,28,30). The second-order valence-corrected chi connectivity index (χ2v) is 8.90. The van der Waals surface area contributed by atoms with Crippen molar-refractivity contribution in [3.63, 3.8) is 0 Å². The molecule has 2 aromatic rings. The normalized spacial score (nSPS) is 12.7. The van der Waals surface area contributed by atoms with Gasteiger partial charge in [0, 0.05) is 12.2 Å². The summed E-state index contributed by atoms with van der Waals surface area (Å²) < 4.78 is 5.02. The van der Waals surface area contributed by atoms with Gasteiger partial charge >= 0.3 is 5.97 Å². The molecule has 0 radical (unpaired) electrons. The first-order valence-corrected chi connectivity index (χ1v) is 11.9. The molecule has 3 amide bonds. The maximum Gasteiger partial charge on any atom is 0.308 e. The molecule has 0 unspecified atom stereocenters. The van der Waals surface area contributed by atoms with Crippen molar-refractivity contribution in [1.29, 1.82) is 0 Å². The van der Waals surface area contributed by atoms with Crippen molar-refractivity contribution in [2.24, 2.45) is 0 Å². The number of nitrogens with one attached hydrogen (secondary N) is 1. The van der Waals surface area contributed by atoms with Gasteiger partial charge in [-0.05, 0) is 24.0 Å². The van der Waals surface area contributed by atoms with Gasteiger partial charge in [0.2, 0.25) is 0 Å². The molecule has 0 fully saturated rings. The van der Waals surface area contributed by atoms with Gasteiger partial charge in [-0.1, -0.05) is 78.5 Å². The van der Waals surface area contributed by atoms with Gasteiger partial charge in [-0.25, -0.2) is 0 Å². The van der Waals surface area contributed by atoms with E-state index in [2.05, 4.69) is 5.32 Å². The summed E-state index contributed by atoms with van der Waals surface area (Å²) in [5, 5.41) is 2.13. The van der Waals surface area contributed by atoms with Crippen LogP contribution in [0.25, 0.3) is 0 Å². The number of hydrogen-bond acceptors (Lipinski definition) is 5. The Balaban J connectivity index is 1.60. The molecule has 11 heteroatoms. The number of anilines is 1. The Morgan fingerprint density at radius 1 is 0.882 bits per heavy atom. The zero-order chi connectivity index (χ0) is 25.2. The second-order valence-electron chi connectivity index (χ2n) is 7.39. The molecule has 0 spiro atoms. The van der Waals surface area contributed by atoms with E-state index >= 15 is 0 Å². The first-order valence-electron chi connectivity index (χ1n) is 10.4. The van der Waals surface area contributed by atoms with Crippen molar-refractivity contribution in [2.75, 3.05) is 18.5 Å². The van der Waals surface area contributed by atoms with Crippen LogP contribution in [0.15, 0.2) is 18.2 Å². The molecule has 0 saturated carbocycles. The lowest BCUT2D eigenvalue weighted by atomic mass is 10.0. The summed E-state index contributed by atoms with van der Waals surface area (Å²) in [6.07, 6.45) is 1.13. The number of rotatable bonds is 8. The second kappa shape index (κ2) is 11.0. The van der Waals surface area contributed by atoms with Crippen molar-refractivity contribution < 1.29 is 23.9 Å². The summed E-state index contributed by atoms with van der Waals surface area (Å²) in [4.78, 5) is 50.7. The number of carbonyl (C=O) groups excluding carboxylic acids is 4.